The molecule has 1 aromatic rings. The first kappa shape index (κ1) is 11.9. The Kier molecular flexibility index (Phi) is 4.18. The van der Waals surface area contributed by atoms with Crippen molar-refractivity contribution in [2.75, 3.05) is 6.61 Å². The minimum Gasteiger partial charge on any atom is -0.376 e. The molecule has 0 radical (unpaired) electrons. The number of ether oxygens (including phenoxy) is 1. The van der Waals surface area contributed by atoms with E-state index in [1.54, 1.807) is 0 Å². The van der Waals surface area contributed by atoms with E-state index in [1.807, 2.05) is 4.68 Å². The van der Waals surface area contributed by atoms with Crippen LogP contribution in [0.2, 0.25) is 0 Å². The Hall–Kier alpha value is -0.610. The van der Waals surface area contributed by atoms with Crippen LogP contribution in [0.5, 0.6) is 0 Å². The molecule has 90 valence electrons. The van der Waals surface area contributed by atoms with Crippen LogP contribution in [-0.2, 0) is 23.6 Å². The summed E-state index contributed by atoms with van der Waals surface area (Å²) in [6, 6.07) is 0. The normalized spacial score (nSPS) is 20.5. The minimum absolute atomic E-state index is 0.306. The number of hydrogen-bond acceptors (Lipinski definition) is 3. The van der Waals surface area contributed by atoms with Crippen LogP contribution in [0.3, 0.4) is 0 Å². The summed E-state index contributed by atoms with van der Waals surface area (Å²) in [5, 5.41) is 8.29. The van der Waals surface area contributed by atoms with Crippen LogP contribution < -0.4 is 0 Å². The number of rotatable bonds is 5. The predicted molar refractivity (Wildman–Crippen MR) is 62.5 cm³/mol. The third-order valence-electron chi connectivity index (χ3n) is 2.93. The molecule has 0 saturated carbocycles. The van der Waals surface area contributed by atoms with Crippen LogP contribution in [0, 0.1) is 0 Å². The van der Waals surface area contributed by atoms with Crippen molar-refractivity contribution in [1.82, 2.24) is 15.0 Å². The number of nitrogens with zero attached hydrogens (tertiary/aromatic N) is 3. The molecule has 1 unspecified atom stereocenters. The van der Waals surface area contributed by atoms with Crippen LogP contribution in [0.15, 0.2) is 0 Å². The molecule has 0 bridgehead atoms. The fourth-order valence-electron chi connectivity index (χ4n) is 2.11. The quantitative estimate of drug-likeness (QED) is 0.744. The molecule has 1 atom stereocenters. The zero-order valence-electron chi connectivity index (χ0n) is 9.65. The summed E-state index contributed by atoms with van der Waals surface area (Å²) in [6.45, 7) is 3.85. The van der Waals surface area contributed by atoms with Crippen LogP contribution >= 0.6 is 11.6 Å². The second kappa shape index (κ2) is 5.64. The number of hydrogen-bond donors (Lipinski definition) is 0. The Morgan fingerprint density at radius 1 is 1.56 bits per heavy atom. The third-order valence-corrected chi connectivity index (χ3v) is 3.19. The van der Waals surface area contributed by atoms with Gasteiger partial charge in [0.2, 0.25) is 0 Å². The van der Waals surface area contributed by atoms with Crippen LogP contribution in [0.25, 0.3) is 0 Å². The van der Waals surface area contributed by atoms with Crippen LogP contribution in [0.4, 0.5) is 0 Å². The Balaban J connectivity index is 2.09. The Morgan fingerprint density at radius 3 is 3.06 bits per heavy atom. The van der Waals surface area contributed by atoms with E-state index in [-0.39, 0.29) is 0 Å². The maximum absolute atomic E-state index is 5.85. The molecule has 1 aliphatic heterocycles. The summed E-state index contributed by atoms with van der Waals surface area (Å²) in [5.41, 5.74) is 2.09. The predicted octanol–water partition coefficient (Wildman–Crippen LogP) is 2.15. The van der Waals surface area contributed by atoms with Gasteiger partial charge < -0.3 is 4.74 Å². The van der Waals surface area contributed by atoms with Crippen molar-refractivity contribution in [3.8, 4) is 0 Å². The lowest BCUT2D eigenvalue weighted by Crippen LogP contribution is -2.18. The van der Waals surface area contributed by atoms with E-state index < -0.39 is 0 Å². The maximum Gasteiger partial charge on any atom is 0.101 e. The highest BCUT2D eigenvalue weighted by molar-refractivity contribution is 6.16. The van der Waals surface area contributed by atoms with Gasteiger partial charge in [0.1, 0.15) is 5.69 Å². The molecule has 1 aromatic heterocycles. The lowest BCUT2D eigenvalue weighted by molar-refractivity contribution is 0.0927. The van der Waals surface area contributed by atoms with Crippen molar-refractivity contribution in [3.05, 3.63) is 11.4 Å². The van der Waals surface area contributed by atoms with Gasteiger partial charge in [0, 0.05) is 6.61 Å². The summed E-state index contributed by atoms with van der Waals surface area (Å²) in [4.78, 5) is 0. The second-order valence-electron chi connectivity index (χ2n) is 4.18. The highest BCUT2D eigenvalue weighted by atomic mass is 35.5. The molecule has 0 N–H and O–H groups in total. The van der Waals surface area contributed by atoms with Crippen molar-refractivity contribution in [2.45, 2.75) is 51.1 Å². The summed E-state index contributed by atoms with van der Waals surface area (Å²) < 4.78 is 7.58. The van der Waals surface area contributed by atoms with Crippen molar-refractivity contribution in [3.63, 3.8) is 0 Å². The Labute approximate surface area is 101 Å². The van der Waals surface area contributed by atoms with Crippen molar-refractivity contribution in [1.29, 1.82) is 0 Å². The van der Waals surface area contributed by atoms with Gasteiger partial charge in [0.15, 0.2) is 0 Å². The average Bonchev–Trinajstić information content (AvgIpc) is 2.91. The molecule has 5 heteroatoms. The second-order valence-corrected chi connectivity index (χ2v) is 4.45. The molecular weight excluding hydrogens is 226 g/mol. The molecule has 0 spiro atoms. The van der Waals surface area contributed by atoms with Gasteiger partial charge in [-0.2, -0.15) is 0 Å². The van der Waals surface area contributed by atoms with E-state index in [0.717, 1.165) is 44.5 Å². The average molecular weight is 244 g/mol. The fraction of sp³-hybridized carbons (Fsp3) is 0.818. The van der Waals surface area contributed by atoms with Crippen molar-refractivity contribution < 1.29 is 4.74 Å². The van der Waals surface area contributed by atoms with E-state index >= 15 is 0 Å². The zero-order valence-corrected chi connectivity index (χ0v) is 10.4. The Bertz CT molecular complexity index is 334. The number of halogens is 1. The fourth-order valence-corrected chi connectivity index (χ4v) is 2.32. The van der Waals surface area contributed by atoms with Crippen LogP contribution in [0.1, 0.15) is 37.6 Å². The molecule has 0 amide bonds. The summed E-state index contributed by atoms with van der Waals surface area (Å²) in [6.07, 6.45) is 4.66. The maximum atomic E-state index is 5.85. The van der Waals surface area contributed by atoms with Gasteiger partial charge in [-0.15, -0.1) is 16.7 Å². The molecule has 4 nitrogen and oxygen atoms in total. The lowest BCUT2D eigenvalue weighted by Gasteiger charge is -2.11. The van der Waals surface area contributed by atoms with Gasteiger partial charge in [-0.25, -0.2) is 4.68 Å². The van der Waals surface area contributed by atoms with Gasteiger partial charge in [-0.05, 0) is 19.3 Å². The van der Waals surface area contributed by atoms with Crippen molar-refractivity contribution in [2.24, 2.45) is 0 Å². The SMILES string of the molecule is CCCc1c(CCl)nnn1CC1CCCO1. The van der Waals surface area contributed by atoms with Gasteiger partial charge in [0.25, 0.3) is 0 Å². The molecule has 1 aliphatic rings. The van der Waals surface area contributed by atoms with Crippen LogP contribution in [-0.4, -0.2) is 27.7 Å². The molecular formula is C11H18ClN3O. The highest BCUT2D eigenvalue weighted by Crippen LogP contribution is 2.17. The Morgan fingerprint density at radius 2 is 2.44 bits per heavy atom. The number of alkyl halides is 1. The minimum atomic E-state index is 0.306. The first-order chi connectivity index (χ1) is 7.85. The van der Waals surface area contributed by atoms with E-state index in [9.17, 15) is 0 Å². The third kappa shape index (κ3) is 2.55. The molecule has 0 aliphatic carbocycles. The molecule has 0 aromatic carbocycles. The first-order valence-electron chi connectivity index (χ1n) is 5.94. The van der Waals surface area contributed by atoms with Crippen molar-refractivity contribution >= 4 is 11.6 Å². The monoisotopic (exact) mass is 243 g/mol. The molecule has 16 heavy (non-hydrogen) atoms. The van der Waals surface area contributed by atoms with Gasteiger partial charge in [-0.1, -0.05) is 18.6 Å². The van der Waals surface area contributed by atoms with Gasteiger partial charge in [0.05, 0.1) is 24.2 Å². The topological polar surface area (TPSA) is 39.9 Å². The standard InChI is InChI=1S/C11H18ClN3O/c1-2-4-11-10(7-12)13-14-15(11)8-9-5-3-6-16-9/h9H,2-8H2,1H3. The van der Waals surface area contributed by atoms with E-state index in [0.29, 0.717) is 12.0 Å². The van der Waals surface area contributed by atoms with Gasteiger partial charge >= 0.3 is 0 Å². The molecule has 2 rings (SSSR count). The molecule has 1 saturated heterocycles. The smallest absolute Gasteiger partial charge is 0.101 e. The van der Waals surface area contributed by atoms with E-state index in [4.69, 9.17) is 16.3 Å². The number of aromatic nitrogens is 3. The highest BCUT2D eigenvalue weighted by Gasteiger charge is 2.19. The van der Waals surface area contributed by atoms with E-state index in [1.165, 1.54) is 5.69 Å². The zero-order chi connectivity index (χ0) is 11.4. The summed E-state index contributed by atoms with van der Waals surface area (Å²) in [7, 11) is 0. The van der Waals surface area contributed by atoms with Gasteiger partial charge in [-0.3, -0.25) is 0 Å². The van der Waals surface area contributed by atoms with E-state index in [2.05, 4.69) is 17.2 Å². The molecule has 1 fully saturated rings. The molecule has 2 heterocycles. The summed E-state index contributed by atoms with van der Waals surface area (Å²) in [5.74, 6) is 0.445. The summed E-state index contributed by atoms with van der Waals surface area (Å²) >= 11 is 5.85. The first-order valence-corrected chi connectivity index (χ1v) is 6.47. The lowest BCUT2D eigenvalue weighted by atomic mass is 10.2. The largest absolute Gasteiger partial charge is 0.376 e.